The summed E-state index contributed by atoms with van der Waals surface area (Å²) in [5.41, 5.74) is -0.185. The summed E-state index contributed by atoms with van der Waals surface area (Å²) in [6, 6.07) is 2.71. The average molecular weight is 629 g/mol. The molecule has 0 fully saturated rings. The number of alkyl carbamates (subject to hydrolysis) is 1. The zero-order valence-corrected chi connectivity index (χ0v) is 20.7. The van der Waals surface area contributed by atoms with Gasteiger partial charge in [0.15, 0.2) is 0 Å². The fraction of sp³-hybridized carbons (Fsp3) is 0.619. The van der Waals surface area contributed by atoms with Crippen molar-refractivity contribution in [2.45, 2.75) is 67.7 Å². The number of benzene rings is 1. The highest BCUT2D eigenvalue weighted by Gasteiger charge is 2.90. The maximum absolute atomic E-state index is 13.9. The van der Waals surface area contributed by atoms with E-state index in [1.807, 2.05) is 0 Å². The van der Waals surface area contributed by atoms with Crippen LogP contribution in [0.25, 0.3) is 0 Å². The number of aryl methyl sites for hydroxylation is 1. The second kappa shape index (κ2) is 12.5. The number of amides is 1. The number of nitrogens with one attached hydrogen (secondary N) is 1. The smallest absolute Gasteiger partial charge is 0.460 e. The van der Waals surface area contributed by atoms with Crippen LogP contribution in [0.3, 0.4) is 0 Å². The number of carboxylic acids is 1. The Morgan fingerprint density at radius 3 is 1.75 bits per heavy atom. The van der Waals surface area contributed by atoms with E-state index in [1.165, 1.54) is 11.8 Å². The lowest BCUT2D eigenvalue weighted by molar-refractivity contribution is -0.440. The molecule has 1 aromatic rings. The Balaban J connectivity index is 2.89. The molecular formula is C21H20F13NO4S. The Bertz CT molecular complexity index is 1020. The van der Waals surface area contributed by atoms with E-state index < -0.39 is 73.3 Å². The zero-order chi connectivity index (χ0) is 31.4. The van der Waals surface area contributed by atoms with Gasteiger partial charge in [0.1, 0.15) is 12.6 Å². The summed E-state index contributed by atoms with van der Waals surface area (Å²) in [6.07, 6.45) is -10.5. The van der Waals surface area contributed by atoms with Gasteiger partial charge in [-0.05, 0) is 36.0 Å². The van der Waals surface area contributed by atoms with Gasteiger partial charge >= 0.3 is 47.9 Å². The van der Waals surface area contributed by atoms with E-state index in [9.17, 15) is 66.7 Å². The standard InChI is InChI=1S/C21H20F13NO4S/c1-40-9-7-13(14(36)37)35-15(38)39-10-12-4-2-11(3-5-12)6-8-16(22,23)17(24,25)18(26,27)19(28,29)20(30,31)21(32,33)34/h2-5,13H,6-10H2,1H3,(H,35,38)(H,36,37)/t13-/m1/s1. The van der Waals surface area contributed by atoms with Gasteiger partial charge in [-0.1, -0.05) is 24.3 Å². The number of rotatable bonds is 14. The predicted octanol–water partition coefficient (Wildman–Crippen LogP) is 6.79. The van der Waals surface area contributed by atoms with Gasteiger partial charge in [-0.25, -0.2) is 9.59 Å². The first kappa shape index (κ1) is 35.4. The van der Waals surface area contributed by atoms with E-state index in [-0.39, 0.29) is 17.5 Å². The Hall–Kier alpha value is -2.60. The second-order valence-electron chi connectivity index (χ2n) is 8.21. The predicted molar refractivity (Wildman–Crippen MR) is 113 cm³/mol. The van der Waals surface area contributed by atoms with Crippen LogP contribution in [0.2, 0.25) is 0 Å². The minimum atomic E-state index is -7.95. The molecule has 19 heteroatoms. The number of thioether (sulfide) groups is 1. The van der Waals surface area contributed by atoms with Crippen molar-refractivity contribution in [1.82, 2.24) is 5.32 Å². The third-order valence-corrected chi connectivity index (χ3v) is 5.96. The summed E-state index contributed by atoms with van der Waals surface area (Å²) >= 11 is 1.31. The van der Waals surface area contributed by atoms with Crippen LogP contribution in [-0.4, -0.2) is 71.0 Å². The Morgan fingerprint density at radius 1 is 0.825 bits per heavy atom. The number of ether oxygens (including phenoxy) is 1. The zero-order valence-electron chi connectivity index (χ0n) is 19.9. The molecule has 2 N–H and O–H groups in total. The van der Waals surface area contributed by atoms with Crippen molar-refractivity contribution in [2.75, 3.05) is 12.0 Å². The Kier molecular flexibility index (Phi) is 11.1. The van der Waals surface area contributed by atoms with E-state index in [0.717, 1.165) is 24.3 Å². The molecule has 0 heterocycles. The van der Waals surface area contributed by atoms with Crippen LogP contribution in [0, 0.1) is 0 Å². The number of carbonyl (C=O) groups is 2. The van der Waals surface area contributed by atoms with Gasteiger partial charge in [0.2, 0.25) is 0 Å². The van der Waals surface area contributed by atoms with Crippen LogP contribution >= 0.6 is 11.8 Å². The number of aliphatic carboxylic acids is 1. The van der Waals surface area contributed by atoms with E-state index in [2.05, 4.69) is 5.32 Å². The first-order valence-electron chi connectivity index (χ1n) is 10.6. The molecule has 0 aliphatic heterocycles. The number of carbonyl (C=O) groups excluding carboxylic acids is 1. The van der Waals surface area contributed by atoms with Crippen LogP contribution in [-0.2, 0) is 22.6 Å². The minimum Gasteiger partial charge on any atom is -0.480 e. The molecule has 0 unspecified atom stereocenters. The summed E-state index contributed by atoms with van der Waals surface area (Å²) in [4.78, 5) is 22.9. The van der Waals surface area contributed by atoms with Gasteiger partial charge < -0.3 is 15.2 Å². The number of carboxylic acid groups (broad SMARTS) is 1. The lowest BCUT2D eigenvalue weighted by Crippen LogP contribution is -2.70. The van der Waals surface area contributed by atoms with E-state index in [1.54, 1.807) is 6.26 Å². The van der Waals surface area contributed by atoms with E-state index >= 15 is 0 Å². The molecule has 5 nitrogen and oxygen atoms in total. The third kappa shape index (κ3) is 7.37. The fourth-order valence-corrected chi connectivity index (χ4v) is 3.36. The normalized spacial score (nSPS) is 14.6. The molecule has 0 bridgehead atoms. The number of alkyl halides is 13. The van der Waals surface area contributed by atoms with Gasteiger partial charge in [-0.15, -0.1) is 0 Å². The van der Waals surface area contributed by atoms with E-state index in [4.69, 9.17) is 9.84 Å². The largest absolute Gasteiger partial charge is 0.480 e. The lowest BCUT2D eigenvalue weighted by Gasteiger charge is -2.39. The van der Waals surface area contributed by atoms with Crippen molar-refractivity contribution in [2.24, 2.45) is 0 Å². The number of hydrogen-bond acceptors (Lipinski definition) is 4. The first-order chi connectivity index (χ1) is 18.0. The quantitative estimate of drug-likeness (QED) is 0.222. The summed E-state index contributed by atoms with van der Waals surface area (Å²) in [5, 5.41) is 11.1. The van der Waals surface area contributed by atoms with Crippen molar-refractivity contribution in [3.05, 3.63) is 35.4 Å². The van der Waals surface area contributed by atoms with Crippen molar-refractivity contribution >= 4 is 23.8 Å². The van der Waals surface area contributed by atoms with Gasteiger partial charge in [0, 0.05) is 6.42 Å². The maximum Gasteiger partial charge on any atom is 0.460 e. The SMILES string of the molecule is CSCC[C@@H](NC(=O)OCc1ccc(CCC(F)(F)C(F)(F)C(F)(F)C(F)(F)C(F)(F)C(F)(F)F)cc1)C(=O)O. The van der Waals surface area contributed by atoms with Gasteiger partial charge in [0.05, 0.1) is 0 Å². The number of halogens is 13. The summed E-state index contributed by atoms with van der Waals surface area (Å²) in [7, 11) is 0. The molecule has 1 atom stereocenters. The highest BCUT2D eigenvalue weighted by molar-refractivity contribution is 7.98. The number of hydrogen-bond donors (Lipinski definition) is 2. The third-order valence-electron chi connectivity index (χ3n) is 5.32. The summed E-state index contributed by atoms with van der Waals surface area (Å²) in [5.74, 6) is -38.0. The van der Waals surface area contributed by atoms with Crippen LogP contribution < -0.4 is 5.32 Å². The molecule has 1 aromatic carbocycles. The molecule has 230 valence electrons. The van der Waals surface area contributed by atoms with Gasteiger partial charge in [-0.2, -0.15) is 68.8 Å². The highest BCUT2D eigenvalue weighted by Crippen LogP contribution is 2.60. The van der Waals surface area contributed by atoms with Crippen molar-refractivity contribution in [1.29, 1.82) is 0 Å². The van der Waals surface area contributed by atoms with E-state index in [0.29, 0.717) is 5.75 Å². The van der Waals surface area contributed by atoms with Crippen LogP contribution in [0.1, 0.15) is 24.0 Å². The molecule has 0 aliphatic rings. The second-order valence-corrected chi connectivity index (χ2v) is 9.19. The van der Waals surface area contributed by atoms with Crippen molar-refractivity contribution in [3.63, 3.8) is 0 Å². The Morgan fingerprint density at radius 2 is 1.30 bits per heavy atom. The minimum absolute atomic E-state index is 0.0678. The van der Waals surface area contributed by atoms with Gasteiger partial charge in [-0.3, -0.25) is 0 Å². The molecule has 0 saturated carbocycles. The maximum atomic E-state index is 13.9. The van der Waals surface area contributed by atoms with Crippen LogP contribution in [0.15, 0.2) is 24.3 Å². The molecule has 1 amide bonds. The monoisotopic (exact) mass is 629 g/mol. The average Bonchev–Trinajstić information content (AvgIpc) is 2.83. The molecule has 0 spiro atoms. The topological polar surface area (TPSA) is 75.6 Å². The molecular weight excluding hydrogens is 609 g/mol. The van der Waals surface area contributed by atoms with Crippen LogP contribution in [0.4, 0.5) is 61.9 Å². The lowest BCUT2D eigenvalue weighted by atomic mass is 9.91. The van der Waals surface area contributed by atoms with Crippen molar-refractivity contribution in [3.8, 4) is 0 Å². The molecule has 0 radical (unpaired) electrons. The first-order valence-corrected chi connectivity index (χ1v) is 12.0. The fourth-order valence-electron chi connectivity index (χ4n) is 2.89. The van der Waals surface area contributed by atoms with Gasteiger partial charge in [0.25, 0.3) is 0 Å². The van der Waals surface area contributed by atoms with Crippen LogP contribution in [0.5, 0.6) is 0 Å². The molecule has 40 heavy (non-hydrogen) atoms. The molecule has 1 rings (SSSR count). The van der Waals surface area contributed by atoms with Crippen molar-refractivity contribution < 1.29 is 76.5 Å². The molecule has 0 aromatic heterocycles. The summed E-state index contributed by atoms with van der Waals surface area (Å²) in [6.45, 7) is -0.510. The summed E-state index contributed by atoms with van der Waals surface area (Å²) < 4.78 is 176. The Labute approximate surface area is 221 Å². The highest BCUT2D eigenvalue weighted by atomic mass is 32.2. The molecule has 0 saturated heterocycles. The molecule has 0 aliphatic carbocycles.